The molecular weight excluding hydrogens is 186 g/mol. The molecule has 2 saturated carbocycles. The number of carbonyl (C=O) groups is 1. The molecule has 2 nitrogen and oxygen atoms in total. The van der Waals surface area contributed by atoms with Gasteiger partial charge in [-0.25, -0.2) is 0 Å². The molecule has 4 atom stereocenters. The predicted octanol–water partition coefficient (Wildman–Crippen LogP) is 1.92. The van der Waals surface area contributed by atoms with Gasteiger partial charge >= 0.3 is 0 Å². The maximum atomic E-state index is 11.3. The third-order valence-corrected chi connectivity index (χ3v) is 3.63. The molecule has 2 aliphatic rings. The first-order chi connectivity index (χ1) is 6.16. The summed E-state index contributed by atoms with van der Waals surface area (Å²) in [6.45, 7) is 1.73. The van der Waals surface area contributed by atoms with Crippen molar-refractivity contribution in [3.63, 3.8) is 0 Å². The van der Waals surface area contributed by atoms with Crippen molar-refractivity contribution in [3.8, 4) is 0 Å². The molecule has 1 amide bonds. The average Bonchev–Trinajstić information content (AvgIpc) is 2.64. The van der Waals surface area contributed by atoms with E-state index >= 15 is 0 Å². The van der Waals surface area contributed by atoms with Crippen molar-refractivity contribution < 1.29 is 4.79 Å². The second kappa shape index (κ2) is 3.49. The third-order valence-electron chi connectivity index (χ3n) is 3.43. The van der Waals surface area contributed by atoms with Crippen molar-refractivity contribution in [1.29, 1.82) is 0 Å². The van der Waals surface area contributed by atoms with Crippen LogP contribution in [-0.2, 0) is 4.79 Å². The Morgan fingerprint density at radius 1 is 1.46 bits per heavy atom. The first kappa shape index (κ1) is 9.32. The molecule has 0 saturated heterocycles. The van der Waals surface area contributed by atoms with Crippen LogP contribution in [0.25, 0.3) is 0 Å². The molecule has 0 aromatic rings. The van der Waals surface area contributed by atoms with Gasteiger partial charge in [0.2, 0.25) is 5.91 Å². The van der Waals surface area contributed by atoms with Gasteiger partial charge in [-0.2, -0.15) is 0 Å². The summed E-state index contributed by atoms with van der Waals surface area (Å²) in [6, 6.07) is 0.424. The van der Waals surface area contributed by atoms with E-state index in [1.807, 2.05) is 0 Å². The molecule has 0 radical (unpaired) electrons. The van der Waals surface area contributed by atoms with Crippen LogP contribution in [0.15, 0.2) is 0 Å². The number of rotatable bonds is 2. The lowest BCUT2D eigenvalue weighted by atomic mass is 9.95. The number of alkyl halides is 1. The molecule has 13 heavy (non-hydrogen) atoms. The topological polar surface area (TPSA) is 29.1 Å². The van der Waals surface area contributed by atoms with E-state index in [9.17, 15) is 4.79 Å². The molecule has 0 heterocycles. The molecule has 3 heteroatoms. The highest BCUT2D eigenvalue weighted by Crippen LogP contribution is 2.44. The standard InChI is InChI=1S/C10H16ClNO/c1-6(11)10(13)12-9-5-7-2-3-8(9)4-7/h6-9H,2-5H2,1H3,(H,12,13). The molecule has 2 bridgehead atoms. The third kappa shape index (κ3) is 1.83. The molecule has 0 aromatic carbocycles. The predicted molar refractivity (Wildman–Crippen MR) is 52.7 cm³/mol. The normalized spacial score (nSPS) is 39.1. The van der Waals surface area contributed by atoms with Gasteiger partial charge in [-0.05, 0) is 38.0 Å². The molecule has 0 spiro atoms. The van der Waals surface area contributed by atoms with E-state index < -0.39 is 0 Å². The van der Waals surface area contributed by atoms with Crippen molar-refractivity contribution in [2.45, 2.75) is 44.0 Å². The Kier molecular flexibility index (Phi) is 2.50. The highest BCUT2D eigenvalue weighted by Gasteiger charge is 2.40. The number of hydrogen-bond acceptors (Lipinski definition) is 1. The summed E-state index contributed by atoms with van der Waals surface area (Å²) in [5, 5.41) is 2.65. The molecule has 2 rings (SSSR count). The Morgan fingerprint density at radius 2 is 2.23 bits per heavy atom. The van der Waals surface area contributed by atoms with Crippen molar-refractivity contribution in [2.24, 2.45) is 11.8 Å². The molecule has 0 aliphatic heterocycles. The first-order valence-corrected chi connectivity index (χ1v) is 5.55. The molecule has 1 N–H and O–H groups in total. The molecular formula is C10H16ClNO. The zero-order chi connectivity index (χ0) is 9.42. The Balaban J connectivity index is 1.86. The number of nitrogens with one attached hydrogen (secondary N) is 1. The summed E-state index contributed by atoms with van der Waals surface area (Å²) in [5.74, 6) is 1.62. The second-order valence-corrected chi connectivity index (χ2v) is 5.06. The van der Waals surface area contributed by atoms with Gasteiger partial charge in [0.25, 0.3) is 0 Å². The monoisotopic (exact) mass is 201 g/mol. The summed E-state index contributed by atoms with van der Waals surface area (Å²) >= 11 is 5.70. The largest absolute Gasteiger partial charge is 0.352 e. The van der Waals surface area contributed by atoms with Gasteiger partial charge in [-0.15, -0.1) is 11.6 Å². The van der Waals surface area contributed by atoms with E-state index in [2.05, 4.69) is 5.32 Å². The minimum absolute atomic E-state index is 0.000725. The van der Waals surface area contributed by atoms with Crippen LogP contribution in [0.2, 0.25) is 0 Å². The highest BCUT2D eigenvalue weighted by molar-refractivity contribution is 6.30. The van der Waals surface area contributed by atoms with Crippen LogP contribution in [0.3, 0.4) is 0 Å². The molecule has 74 valence electrons. The van der Waals surface area contributed by atoms with Gasteiger partial charge in [0.1, 0.15) is 5.38 Å². The van der Waals surface area contributed by atoms with Crippen molar-refractivity contribution in [2.75, 3.05) is 0 Å². The average molecular weight is 202 g/mol. The molecule has 0 aromatic heterocycles. The van der Waals surface area contributed by atoms with Crippen LogP contribution in [-0.4, -0.2) is 17.3 Å². The SMILES string of the molecule is CC(Cl)C(=O)NC1CC2CCC1C2. The maximum absolute atomic E-state index is 11.3. The minimum atomic E-state index is -0.390. The molecule has 2 aliphatic carbocycles. The Hall–Kier alpha value is -0.240. The molecule has 4 unspecified atom stereocenters. The Bertz CT molecular complexity index is 217. The summed E-state index contributed by atoms with van der Waals surface area (Å²) in [4.78, 5) is 11.3. The van der Waals surface area contributed by atoms with Gasteiger partial charge < -0.3 is 5.32 Å². The Labute approximate surface area is 84.0 Å². The van der Waals surface area contributed by atoms with Gasteiger partial charge in [-0.3, -0.25) is 4.79 Å². The minimum Gasteiger partial charge on any atom is -0.352 e. The van der Waals surface area contributed by atoms with Crippen LogP contribution in [0.1, 0.15) is 32.6 Å². The van der Waals surface area contributed by atoms with Crippen LogP contribution in [0.5, 0.6) is 0 Å². The Morgan fingerprint density at radius 3 is 2.69 bits per heavy atom. The summed E-state index contributed by atoms with van der Waals surface area (Å²) in [6.07, 6.45) is 5.17. The quantitative estimate of drug-likeness (QED) is 0.680. The summed E-state index contributed by atoms with van der Waals surface area (Å²) < 4.78 is 0. The van der Waals surface area contributed by atoms with Crippen molar-refractivity contribution in [3.05, 3.63) is 0 Å². The second-order valence-electron chi connectivity index (χ2n) is 4.41. The number of hydrogen-bond donors (Lipinski definition) is 1. The van der Waals surface area contributed by atoms with Crippen molar-refractivity contribution >= 4 is 17.5 Å². The maximum Gasteiger partial charge on any atom is 0.237 e. The van der Waals surface area contributed by atoms with Gasteiger partial charge in [0, 0.05) is 6.04 Å². The number of fused-ring (bicyclic) bond motifs is 2. The fourth-order valence-corrected chi connectivity index (χ4v) is 2.78. The van der Waals surface area contributed by atoms with Crippen LogP contribution in [0.4, 0.5) is 0 Å². The van der Waals surface area contributed by atoms with Crippen LogP contribution < -0.4 is 5.32 Å². The number of halogens is 1. The lowest BCUT2D eigenvalue weighted by Gasteiger charge is -2.23. The zero-order valence-electron chi connectivity index (χ0n) is 7.92. The smallest absolute Gasteiger partial charge is 0.237 e. The van der Waals surface area contributed by atoms with Gasteiger partial charge in [0.15, 0.2) is 0 Å². The lowest BCUT2D eigenvalue weighted by molar-refractivity contribution is -0.121. The van der Waals surface area contributed by atoms with E-state index in [1.54, 1.807) is 6.92 Å². The first-order valence-electron chi connectivity index (χ1n) is 5.11. The molecule has 2 fully saturated rings. The fraction of sp³-hybridized carbons (Fsp3) is 0.900. The zero-order valence-corrected chi connectivity index (χ0v) is 8.68. The number of carbonyl (C=O) groups excluding carboxylic acids is 1. The van der Waals surface area contributed by atoms with Crippen LogP contribution in [0, 0.1) is 11.8 Å². The highest BCUT2D eigenvalue weighted by atomic mass is 35.5. The van der Waals surface area contributed by atoms with E-state index in [0.717, 1.165) is 11.8 Å². The van der Waals surface area contributed by atoms with Crippen LogP contribution >= 0.6 is 11.6 Å². The van der Waals surface area contributed by atoms with Gasteiger partial charge in [0.05, 0.1) is 0 Å². The number of amides is 1. The van der Waals surface area contributed by atoms with E-state index in [1.165, 1.54) is 25.7 Å². The van der Waals surface area contributed by atoms with Crippen molar-refractivity contribution in [1.82, 2.24) is 5.32 Å². The summed E-state index contributed by atoms with van der Waals surface area (Å²) in [5.41, 5.74) is 0. The van der Waals surface area contributed by atoms with Gasteiger partial charge in [-0.1, -0.05) is 6.42 Å². The fourth-order valence-electron chi connectivity index (χ4n) is 2.72. The van der Waals surface area contributed by atoms with E-state index in [-0.39, 0.29) is 11.3 Å². The van der Waals surface area contributed by atoms with E-state index in [4.69, 9.17) is 11.6 Å². The summed E-state index contributed by atoms with van der Waals surface area (Å²) in [7, 11) is 0. The lowest BCUT2D eigenvalue weighted by Crippen LogP contribution is -2.41. The van der Waals surface area contributed by atoms with E-state index in [0.29, 0.717) is 6.04 Å².